The molecule has 0 unspecified atom stereocenters. The van der Waals surface area contributed by atoms with Crippen LogP contribution in [0.25, 0.3) is 17.3 Å². The molecule has 0 spiro atoms. The molecule has 0 radical (unpaired) electrons. The zero-order chi connectivity index (χ0) is 21.0. The van der Waals surface area contributed by atoms with Gasteiger partial charge in [0.2, 0.25) is 5.91 Å². The van der Waals surface area contributed by atoms with Gasteiger partial charge in [-0.05, 0) is 43.0 Å². The smallest absolute Gasteiger partial charge is 0.248 e. The summed E-state index contributed by atoms with van der Waals surface area (Å²) in [6.07, 6.45) is 3.75. The first kappa shape index (κ1) is 19.9. The first-order valence-corrected chi connectivity index (χ1v) is 8.96. The average molecular weight is 389 g/mol. The maximum absolute atomic E-state index is 14.2. The summed E-state index contributed by atoms with van der Waals surface area (Å²) in [6, 6.07) is 11.7. The van der Waals surface area contributed by atoms with Crippen molar-refractivity contribution in [1.29, 1.82) is 0 Å². The van der Waals surface area contributed by atoms with Crippen LogP contribution in [0.1, 0.15) is 28.4 Å². The molecule has 0 bridgehead atoms. The molecule has 0 aliphatic carbocycles. The molecule has 2 aromatic carbocycles. The van der Waals surface area contributed by atoms with E-state index in [4.69, 9.17) is 10.5 Å². The zero-order valence-corrected chi connectivity index (χ0v) is 16.0. The summed E-state index contributed by atoms with van der Waals surface area (Å²) in [7, 11) is 0. The Kier molecular flexibility index (Phi) is 5.83. The van der Waals surface area contributed by atoms with Crippen molar-refractivity contribution in [2.75, 3.05) is 0 Å². The van der Waals surface area contributed by atoms with Crippen LogP contribution in [0.5, 0.6) is 11.5 Å². The van der Waals surface area contributed by atoms with E-state index in [1.165, 1.54) is 12.1 Å². The molecule has 6 heteroatoms. The summed E-state index contributed by atoms with van der Waals surface area (Å²) < 4.78 is 20.0. The molecule has 5 nitrogen and oxygen atoms in total. The lowest BCUT2D eigenvalue weighted by atomic mass is 9.99. The summed E-state index contributed by atoms with van der Waals surface area (Å²) in [5.41, 5.74) is 8.85. The first-order valence-electron chi connectivity index (χ1n) is 8.96. The Hall–Kier alpha value is -3.80. The van der Waals surface area contributed by atoms with Gasteiger partial charge in [-0.1, -0.05) is 25.6 Å². The van der Waals surface area contributed by atoms with Crippen LogP contribution in [0.15, 0.2) is 60.2 Å². The first-order chi connectivity index (χ1) is 14.0. The summed E-state index contributed by atoms with van der Waals surface area (Å²) in [6.45, 7) is 8.99. The maximum atomic E-state index is 14.2. The van der Waals surface area contributed by atoms with Crippen molar-refractivity contribution < 1.29 is 13.9 Å². The maximum Gasteiger partial charge on any atom is 0.248 e. The number of halogens is 1. The molecule has 0 saturated heterocycles. The minimum atomic E-state index is -0.545. The fourth-order valence-corrected chi connectivity index (χ4v) is 3.03. The number of rotatable bonds is 7. The van der Waals surface area contributed by atoms with Crippen molar-refractivity contribution in [1.82, 2.24) is 4.98 Å². The molecule has 1 amide bonds. The number of pyridine rings is 1. The molecule has 2 N–H and O–H groups in total. The van der Waals surface area contributed by atoms with Crippen LogP contribution in [0.2, 0.25) is 0 Å². The minimum Gasteiger partial charge on any atom is -0.457 e. The third kappa shape index (κ3) is 4.21. The number of primary amides is 1. The van der Waals surface area contributed by atoms with Crippen molar-refractivity contribution in [3.63, 3.8) is 0 Å². The number of carbonyl (C=O) groups is 1. The summed E-state index contributed by atoms with van der Waals surface area (Å²) in [5, 5.41) is 0. The number of nitrogens with two attached hydrogens (primary N) is 1. The third-order valence-electron chi connectivity index (χ3n) is 4.46. The van der Waals surface area contributed by atoms with E-state index in [0.29, 0.717) is 34.7 Å². The molecule has 1 aromatic heterocycles. The van der Waals surface area contributed by atoms with E-state index in [1.54, 1.807) is 36.5 Å². The second kappa shape index (κ2) is 8.48. The SMILES string of the molecule is C=Cc1cc(Oc2ccnc(-c3ccc(C(N)=O)c(CC)c3)c2)cc(F)c1N=C. The van der Waals surface area contributed by atoms with Gasteiger partial charge in [-0.25, -0.2) is 4.39 Å². The predicted molar refractivity (Wildman–Crippen MR) is 113 cm³/mol. The Balaban J connectivity index is 1.95. The van der Waals surface area contributed by atoms with Gasteiger partial charge in [0.1, 0.15) is 17.2 Å². The lowest BCUT2D eigenvalue weighted by Gasteiger charge is -2.11. The second-order valence-corrected chi connectivity index (χ2v) is 6.27. The van der Waals surface area contributed by atoms with Crippen LogP contribution in [0.4, 0.5) is 10.1 Å². The van der Waals surface area contributed by atoms with Crippen LogP contribution in [-0.2, 0) is 6.42 Å². The number of amides is 1. The molecule has 29 heavy (non-hydrogen) atoms. The van der Waals surface area contributed by atoms with Crippen molar-refractivity contribution in [3.05, 3.63) is 77.7 Å². The molecular weight excluding hydrogens is 369 g/mol. The van der Waals surface area contributed by atoms with Gasteiger partial charge in [0.05, 0.1) is 5.69 Å². The monoisotopic (exact) mass is 389 g/mol. The van der Waals surface area contributed by atoms with Gasteiger partial charge in [0.15, 0.2) is 5.82 Å². The topological polar surface area (TPSA) is 77.6 Å². The van der Waals surface area contributed by atoms with Crippen molar-refractivity contribution in [3.8, 4) is 22.8 Å². The largest absolute Gasteiger partial charge is 0.457 e. The molecule has 3 aromatic rings. The fourth-order valence-electron chi connectivity index (χ4n) is 3.03. The number of ether oxygens (including phenoxy) is 1. The second-order valence-electron chi connectivity index (χ2n) is 6.27. The number of hydrogen-bond acceptors (Lipinski definition) is 4. The lowest BCUT2D eigenvalue weighted by Crippen LogP contribution is -2.13. The Morgan fingerprint density at radius 1 is 1.24 bits per heavy atom. The number of benzene rings is 2. The van der Waals surface area contributed by atoms with Crippen molar-refractivity contribution in [2.45, 2.75) is 13.3 Å². The molecule has 3 rings (SSSR count). The molecule has 146 valence electrons. The molecule has 0 aliphatic heterocycles. The fraction of sp³-hybridized carbons (Fsp3) is 0.0870. The quantitative estimate of drug-likeness (QED) is 0.556. The Labute approximate surface area is 168 Å². The molecule has 0 atom stereocenters. The molecule has 1 heterocycles. The van der Waals surface area contributed by atoms with Crippen molar-refractivity contribution in [2.24, 2.45) is 10.7 Å². The van der Waals surface area contributed by atoms with Crippen LogP contribution < -0.4 is 10.5 Å². The zero-order valence-electron chi connectivity index (χ0n) is 16.0. The van der Waals surface area contributed by atoms with E-state index < -0.39 is 11.7 Å². The van der Waals surface area contributed by atoms with Gasteiger partial charge in [0, 0.05) is 35.0 Å². The standard InChI is InChI=1S/C23H20FN3O2/c1-4-14-10-16(6-7-19(14)23(25)28)21-13-17(8-9-27-21)29-18-11-15(5-2)22(26-3)20(24)12-18/h5-13H,2-4H2,1H3,(H2,25,28). The number of aryl methyl sites for hydroxylation is 1. The lowest BCUT2D eigenvalue weighted by molar-refractivity contribution is 0.0999. The van der Waals surface area contributed by atoms with E-state index in [9.17, 15) is 9.18 Å². The van der Waals surface area contributed by atoms with Gasteiger partial charge in [-0.15, -0.1) is 0 Å². The van der Waals surface area contributed by atoms with Crippen LogP contribution in [0.3, 0.4) is 0 Å². The number of aliphatic imine (C=N–C) groups is 1. The van der Waals surface area contributed by atoms with E-state index in [2.05, 4.69) is 23.3 Å². The van der Waals surface area contributed by atoms with Crippen LogP contribution in [0, 0.1) is 5.82 Å². The molecular formula is C23H20FN3O2. The van der Waals surface area contributed by atoms with Crippen LogP contribution >= 0.6 is 0 Å². The average Bonchev–Trinajstić information content (AvgIpc) is 2.72. The Bertz CT molecular complexity index is 1110. The summed E-state index contributed by atoms with van der Waals surface area (Å²) in [4.78, 5) is 19.6. The highest BCUT2D eigenvalue weighted by Crippen LogP contribution is 2.32. The van der Waals surface area contributed by atoms with E-state index >= 15 is 0 Å². The number of carbonyl (C=O) groups excluding carboxylic acids is 1. The van der Waals surface area contributed by atoms with E-state index in [1.807, 2.05) is 13.0 Å². The van der Waals surface area contributed by atoms with Gasteiger partial charge < -0.3 is 10.5 Å². The van der Waals surface area contributed by atoms with Crippen LogP contribution in [-0.4, -0.2) is 17.6 Å². The van der Waals surface area contributed by atoms with E-state index in [0.717, 1.165) is 11.1 Å². The number of nitrogens with zero attached hydrogens (tertiary/aromatic N) is 2. The van der Waals surface area contributed by atoms with Gasteiger partial charge >= 0.3 is 0 Å². The van der Waals surface area contributed by atoms with Gasteiger partial charge in [-0.2, -0.15) is 0 Å². The third-order valence-corrected chi connectivity index (χ3v) is 4.46. The minimum absolute atomic E-state index is 0.129. The van der Waals surface area contributed by atoms with Gasteiger partial charge in [0.25, 0.3) is 0 Å². The normalized spacial score (nSPS) is 10.4. The van der Waals surface area contributed by atoms with Gasteiger partial charge in [-0.3, -0.25) is 14.8 Å². The molecule has 0 aliphatic rings. The number of aromatic nitrogens is 1. The predicted octanol–water partition coefficient (Wildman–Crippen LogP) is 5.32. The summed E-state index contributed by atoms with van der Waals surface area (Å²) >= 11 is 0. The van der Waals surface area contributed by atoms with E-state index in [-0.39, 0.29) is 5.69 Å². The number of hydrogen-bond donors (Lipinski definition) is 1. The van der Waals surface area contributed by atoms with Crippen molar-refractivity contribution >= 4 is 24.4 Å². The molecule has 0 fully saturated rings. The Morgan fingerprint density at radius 3 is 2.69 bits per heavy atom. The highest BCUT2D eigenvalue weighted by molar-refractivity contribution is 5.95. The highest BCUT2D eigenvalue weighted by atomic mass is 19.1. The Morgan fingerprint density at radius 2 is 2.03 bits per heavy atom. The highest BCUT2D eigenvalue weighted by Gasteiger charge is 2.12. The molecule has 0 saturated carbocycles. The summed E-state index contributed by atoms with van der Waals surface area (Å²) in [5.74, 6) is -0.215.